The number of piperidine rings is 1. The molecule has 0 amide bonds. The van der Waals surface area contributed by atoms with E-state index in [-0.39, 0.29) is 0 Å². The lowest BCUT2D eigenvalue weighted by atomic mass is 10.0. The lowest BCUT2D eigenvalue weighted by molar-refractivity contribution is 0.0684. The molecule has 1 aliphatic heterocycles. The van der Waals surface area contributed by atoms with Crippen LogP contribution in [0.3, 0.4) is 0 Å². The second kappa shape index (κ2) is 9.10. The Labute approximate surface area is 121 Å². The van der Waals surface area contributed by atoms with Crippen molar-refractivity contribution < 1.29 is 9.47 Å². The van der Waals surface area contributed by atoms with Crippen LogP contribution in [0.2, 0.25) is 0 Å². The van der Waals surface area contributed by atoms with Crippen molar-refractivity contribution in [2.24, 2.45) is 0 Å². The number of ether oxygens (including phenoxy) is 2. The molecular weight excluding hydrogens is 254 g/mol. The van der Waals surface area contributed by atoms with Gasteiger partial charge in [0, 0.05) is 32.5 Å². The van der Waals surface area contributed by atoms with Gasteiger partial charge in [-0.1, -0.05) is 6.42 Å². The van der Waals surface area contributed by atoms with Crippen molar-refractivity contribution >= 4 is 0 Å². The van der Waals surface area contributed by atoms with E-state index in [0.717, 1.165) is 32.5 Å². The first-order valence-electron chi connectivity index (χ1n) is 7.72. The number of aromatic nitrogens is 2. The van der Waals surface area contributed by atoms with Gasteiger partial charge in [0.2, 0.25) is 0 Å². The smallest absolute Gasteiger partial charge is 0.0948 e. The van der Waals surface area contributed by atoms with Crippen LogP contribution >= 0.6 is 0 Å². The van der Waals surface area contributed by atoms with Crippen molar-refractivity contribution in [1.29, 1.82) is 0 Å². The SMILES string of the molecule is COCCOCCCCn1cncc1C1CCCCN1. The van der Waals surface area contributed by atoms with Gasteiger partial charge in [-0.25, -0.2) is 4.98 Å². The van der Waals surface area contributed by atoms with E-state index < -0.39 is 0 Å². The molecule has 1 aliphatic rings. The highest BCUT2D eigenvalue weighted by molar-refractivity contribution is 5.06. The van der Waals surface area contributed by atoms with Gasteiger partial charge >= 0.3 is 0 Å². The van der Waals surface area contributed by atoms with Gasteiger partial charge in [-0.15, -0.1) is 0 Å². The Morgan fingerprint density at radius 2 is 2.25 bits per heavy atom. The number of hydrogen-bond acceptors (Lipinski definition) is 4. The van der Waals surface area contributed by atoms with E-state index >= 15 is 0 Å². The fourth-order valence-corrected chi connectivity index (χ4v) is 2.64. The molecule has 0 saturated carbocycles. The molecule has 114 valence electrons. The van der Waals surface area contributed by atoms with Crippen LogP contribution in [0.1, 0.15) is 43.8 Å². The second-order valence-corrected chi connectivity index (χ2v) is 5.33. The van der Waals surface area contributed by atoms with Crippen LogP contribution in [0.15, 0.2) is 12.5 Å². The highest BCUT2D eigenvalue weighted by atomic mass is 16.5. The van der Waals surface area contributed by atoms with Crippen molar-refractivity contribution in [2.75, 3.05) is 33.5 Å². The molecule has 1 aromatic rings. The van der Waals surface area contributed by atoms with Crippen molar-refractivity contribution in [2.45, 2.75) is 44.7 Å². The predicted octanol–water partition coefficient (Wildman–Crippen LogP) is 2.14. The standard InChI is InChI=1S/C15H27N3O2/c1-19-10-11-20-9-5-4-8-18-13-16-12-15(18)14-6-2-3-7-17-14/h12-14,17H,2-11H2,1H3. The van der Waals surface area contributed by atoms with E-state index in [1.165, 1.54) is 25.0 Å². The fraction of sp³-hybridized carbons (Fsp3) is 0.800. The summed E-state index contributed by atoms with van der Waals surface area (Å²) in [4.78, 5) is 4.31. The van der Waals surface area contributed by atoms with Gasteiger partial charge in [0.25, 0.3) is 0 Å². The maximum atomic E-state index is 5.48. The van der Waals surface area contributed by atoms with E-state index in [1.54, 1.807) is 7.11 Å². The maximum Gasteiger partial charge on any atom is 0.0948 e. The Kier molecular flexibility index (Phi) is 7.05. The summed E-state index contributed by atoms with van der Waals surface area (Å²) in [7, 11) is 1.70. The van der Waals surface area contributed by atoms with Crippen LogP contribution in [-0.4, -0.2) is 43.0 Å². The van der Waals surface area contributed by atoms with Crippen LogP contribution in [0.5, 0.6) is 0 Å². The Morgan fingerprint density at radius 1 is 1.30 bits per heavy atom. The molecule has 2 rings (SSSR count). The van der Waals surface area contributed by atoms with Crippen molar-refractivity contribution in [3.63, 3.8) is 0 Å². The molecule has 1 atom stereocenters. The summed E-state index contributed by atoms with van der Waals surface area (Å²) in [6.07, 6.45) is 10.0. The minimum atomic E-state index is 0.490. The number of methoxy groups -OCH3 is 1. The molecule has 20 heavy (non-hydrogen) atoms. The summed E-state index contributed by atoms with van der Waals surface area (Å²) in [5.74, 6) is 0. The maximum absolute atomic E-state index is 5.48. The molecule has 0 aliphatic carbocycles. The van der Waals surface area contributed by atoms with Gasteiger partial charge < -0.3 is 19.4 Å². The second-order valence-electron chi connectivity index (χ2n) is 5.33. The third kappa shape index (κ3) is 4.89. The molecule has 5 nitrogen and oxygen atoms in total. The van der Waals surface area contributed by atoms with Crippen LogP contribution in [0, 0.1) is 0 Å². The minimum Gasteiger partial charge on any atom is -0.382 e. The Morgan fingerprint density at radius 3 is 3.05 bits per heavy atom. The van der Waals surface area contributed by atoms with Crippen LogP contribution in [0.25, 0.3) is 0 Å². The number of nitrogens with one attached hydrogen (secondary N) is 1. The molecule has 1 N–H and O–H groups in total. The molecule has 0 bridgehead atoms. The average Bonchev–Trinajstić information content (AvgIpc) is 2.96. The fourth-order valence-electron chi connectivity index (χ4n) is 2.64. The van der Waals surface area contributed by atoms with Gasteiger partial charge in [0.1, 0.15) is 0 Å². The molecule has 2 heterocycles. The highest BCUT2D eigenvalue weighted by Gasteiger charge is 2.17. The lowest BCUT2D eigenvalue weighted by Gasteiger charge is -2.24. The molecular formula is C15H27N3O2. The molecule has 1 unspecified atom stereocenters. The molecule has 1 aromatic heterocycles. The molecule has 1 fully saturated rings. The van der Waals surface area contributed by atoms with Crippen molar-refractivity contribution in [1.82, 2.24) is 14.9 Å². The normalized spacial score (nSPS) is 19.4. The first kappa shape index (κ1) is 15.5. The third-order valence-corrected chi connectivity index (χ3v) is 3.78. The topological polar surface area (TPSA) is 48.3 Å². The van der Waals surface area contributed by atoms with E-state index in [9.17, 15) is 0 Å². The first-order valence-corrected chi connectivity index (χ1v) is 7.72. The van der Waals surface area contributed by atoms with Crippen LogP contribution in [-0.2, 0) is 16.0 Å². The summed E-state index contributed by atoms with van der Waals surface area (Å²) in [5, 5.41) is 3.59. The highest BCUT2D eigenvalue weighted by Crippen LogP contribution is 2.22. The van der Waals surface area contributed by atoms with E-state index in [4.69, 9.17) is 9.47 Å². The van der Waals surface area contributed by atoms with Gasteiger partial charge in [0.05, 0.1) is 25.2 Å². The Balaban J connectivity index is 1.66. The minimum absolute atomic E-state index is 0.490. The van der Waals surface area contributed by atoms with E-state index in [0.29, 0.717) is 19.3 Å². The van der Waals surface area contributed by atoms with Gasteiger partial charge in [0.15, 0.2) is 0 Å². The van der Waals surface area contributed by atoms with Crippen LogP contribution in [0.4, 0.5) is 0 Å². The zero-order valence-electron chi connectivity index (χ0n) is 12.5. The van der Waals surface area contributed by atoms with E-state index in [1.807, 2.05) is 12.5 Å². The van der Waals surface area contributed by atoms with Crippen molar-refractivity contribution in [3.05, 3.63) is 18.2 Å². The van der Waals surface area contributed by atoms with Gasteiger partial charge in [-0.2, -0.15) is 0 Å². The largest absolute Gasteiger partial charge is 0.382 e. The average molecular weight is 281 g/mol. The third-order valence-electron chi connectivity index (χ3n) is 3.78. The Hall–Kier alpha value is -0.910. The molecule has 1 saturated heterocycles. The lowest BCUT2D eigenvalue weighted by Crippen LogP contribution is -2.28. The zero-order valence-corrected chi connectivity index (χ0v) is 12.5. The number of nitrogens with zero attached hydrogens (tertiary/aromatic N) is 2. The summed E-state index contributed by atoms with van der Waals surface area (Å²) in [5.41, 5.74) is 1.34. The Bertz CT molecular complexity index is 362. The van der Waals surface area contributed by atoms with E-state index in [2.05, 4.69) is 14.9 Å². The zero-order chi connectivity index (χ0) is 14.0. The first-order chi connectivity index (χ1) is 9.92. The quantitative estimate of drug-likeness (QED) is 0.705. The summed E-state index contributed by atoms with van der Waals surface area (Å²) in [6.45, 7) is 4.34. The van der Waals surface area contributed by atoms with Crippen molar-refractivity contribution in [3.8, 4) is 0 Å². The van der Waals surface area contributed by atoms with Gasteiger partial charge in [-0.3, -0.25) is 0 Å². The summed E-state index contributed by atoms with van der Waals surface area (Å²) < 4.78 is 12.7. The number of rotatable bonds is 9. The molecule has 0 spiro atoms. The summed E-state index contributed by atoms with van der Waals surface area (Å²) in [6, 6.07) is 0.490. The monoisotopic (exact) mass is 281 g/mol. The van der Waals surface area contributed by atoms with Crippen LogP contribution < -0.4 is 5.32 Å². The molecule has 0 radical (unpaired) electrons. The number of aryl methyl sites for hydroxylation is 1. The number of unbranched alkanes of at least 4 members (excludes halogenated alkanes) is 1. The predicted molar refractivity (Wildman–Crippen MR) is 78.8 cm³/mol. The van der Waals surface area contributed by atoms with Gasteiger partial charge in [-0.05, 0) is 32.2 Å². The molecule has 5 heteroatoms. The molecule has 0 aromatic carbocycles. The number of imidazole rings is 1. The number of hydrogen-bond donors (Lipinski definition) is 1. The summed E-state index contributed by atoms with van der Waals surface area (Å²) >= 11 is 0.